The van der Waals surface area contributed by atoms with Gasteiger partial charge in [0.2, 0.25) is 0 Å². The molecule has 0 bridgehead atoms. The van der Waals surface area contributed by atoms with Gasteiger partial charge >= 0.3 is 5.97 Å². The molecular formula is C25H25FN2O5S. The van der Waals surface area contributed by atoms with Gasteiger partial charge < -0.3 is 20.5 Å². The first-order valence-electron chi connectivity index (χ1n) is 11.1. The molecule has 34 heavy (non-hydrogen) atoms. The maximum absolute atomic E-state index is 14.5. The first-order valence-corrected chi connectivity index (χ1v) is 12.0. The molecule has 178 valence electrons. The number of nitrogens with one attached hydrogen (secondary N) is 2. The molecule has 2 amide bonds. The lowest BCUT2D eigenvalue weighted by atomic mass is 9.87. The number of carboxylic acids is 1. The highest BCUT2D eigenvalue weighted by molar-refractivity contribution is 7.17. The number of carbonyl (C=O) groups is 3. The lowest BCUT2D eigenvalue weighted by Gasteiger charge is -2.26. The van der Waals surface area contributed by atoms with Crippen LogP contribution in [0.2, 0.25) is 0 Å². The molecule has 1 saturated carbocycles. The molecule has 0 radical (unpaired) electrons. The normalized spacial score (nSPS) is 17.8. The second kappa shape index (κ2) is 10.6. The van der Waals surface area contributed by atoms with Crippen LogP contribution in [-0.4, -0.2) is 42.1 Å². The van der Waals surface area contributed by atoms with E-state index >= 15 is 0 Å². The van der Waals surface area contributed by atoms with E-state index in [0.717, 1.165) is 10.1 Å². The minimum Gasteiger partial charge on any atom is -0.490 e. The maximum atomic E-state index is 14.5. The van der Waals surface area contributed by atoms with E-state index in [2.05, 4.69) is 10.6 Å². The highest BCUT2D eigenvalue weighted by Crippen LogP contribution is 2.28. The summed E-state index contributed by atoms with van der Waals surface area (Å²) < 4.78 is 21.4. The number of thiophene rings is 1. The van der Waals surface area contributed by atoms with Crippen molar-refractivity contribution < 1.29 is 28.6 Å². The van der Waals surface area contributed by atoms with Gasteiger partial charge in [-0.2, -0.15) is 0 Å². The van der Waals surface area contributed by atoms with Crippen LogP contribution in [0.1, 0.15) is 46.4 Å². The molecule has 0 spiro atoms. The molecule has 1 aliphatic carbocycles. The average molecular weight is 485 g/mol. The number of carboxylic acid groups (broad SMARTS) is 1. The lowest BCUT2D eigenvalue weighted by Crippen LogP contribution is -2.35. The minimum absolute atomic E-state index is 0.115. The molecule has 4 rings (SSSR count). The Kier molecular flexibility index (Phi) is 7.42. The van der Waals surface area contributed by atoms with Gasteiger partial charge in [-0.15, -0.1) is 11.3 Å². The Hall–Kier alpha value is -3.46. The van der Waals surface area contributed by atoms with Crippen LogP contribution in [-0.2, 0) is 4.79 Å². The third kappa shape index (κ3) is 5.72. The van der Waals surface area contributed by atoms with Crippen molar-refractivity contribution >= 4 is 39.2 Å². The summed E-state index contributed by atoms with van der Waals surface area (Å²) >= 11 is 1.60. The third-order valence-corrected chi connectivity index (χ3v) is 6.82. The van der Waals surface area contributed by atoms with Gasteiger partial charge in [0.05, 0.1) is 17.6 Å². The monoisotopic (exact) mass is 484 g/mol. The number of halogens is 1. The highest BCUT2D eigenvalue weighted by atomic mass is 32.1. The number of benzene rings is 2. The van der Waals surface area contributed by atoms with Crippen LogP contribution in [0.3, 0.4) is 0 Å². The fraction of sp³-hybridized carbons (Fsp3) is 0.320. The van der Waals surface area contributed by atoms with Crippen molar-refractivity contribution in [3.8, 4) is 5.75 Å². The molecule has 0 aliphatic heterocycles. The molecular weight excluding hydrogens is 459 g/mol. The molecule has 1 heterocycles. The minimum atomic E-state index is -0.792. The van der Waals surface area contributed by atoms with Crippen molar-refractivity contribution in [2.24, 2.45) is 5.92 Å². The molecule has 1 aromatic heterocycles. The number of amides is 2. The Morgan fingerprint density at radius 1 is 0.971 bits per heavy atom. The molecule has 3 N–H and O–H groups in total. The standard InChI is InChI=1S/C25H25FN2O5S/c26-21-14-19(33-18-4-1-15(2-5-18)25(31)32)6-7-20(21)24(30)28-11-10-27-23(29)17-3-8-22-16(13-17)9-12-34-22/h3,6-9,12-15,18H,1-2,4-5,10-11H2,(H,27,29)(H,28,30)(H,31,32). The molecule has 0 atom stereocenters. The molecule has 0 saturated heterocycles. The number of rotatable bonds is 8. The average Bonchev–Trinajstić information content (AvgIpc) is 3.30. The first-order chi connectivity index (χ1) is 16.4. The molecule has 2 aromatic carbocycles. The number of carbonyl (C=O) groups excluding carboxylic acids is 2. The topological polar surface area (TPSA) is 105 Å². The Labute approximate surface area is 199 Å². The zero-order valence-electron chi connectivity index (χ0n) is 18.4. The Morgan fingerprint density at radius 3 is 2.41 bits per heavy atom. The summed E-state index contributed by atoms with van der Waals surface area (Å²) in [5.41, 5.74) is 0.423. The first kappa shape index (κ1) is 23.7. The van der Waals surface area contributed by atoms with Crippen LogP contribution in [0.5, 0.6) is 5.75 Å². The summed E-state index contributed by atoms with van der Waals surface area (Å²) in [4.78, 5) is 35.7. The molecule has 9 heteroatoms. The quantitative estimate of drug-likeness (QED) is 0.415. The van der Waals surface area contributed by atoms with Crippen molar-refractivity contribution in [3.05, 3.63) is 64.8 Å². The summed E-state index contributed by atoms with van der Waals surface area (Å²) in [7, 11) is 0. The summed E-state index contributed by atoms with van der Waals surface area (Å²) in [5.74, 6) is -2.37. The predicted octanol–water partition coefficient (Wildman–Crippen LogP) is 4.22. The van der Waals surface area contributed by atoms with E-state index in [0.29, 0.717) is 37.0 Å². The summed E-state index contributed by atoms with van der Waals surface area (Å²) in [5, 5.41) is 17.4. The van der Waals surface area contributed by atoms with Crippen LogP contribution in [0.4, 0.5) is 4.39 Å². The molecule has 1 aliphatic rings. The molecule has 7 nitrogen and oxygen atoms in total. The van der Waals surface area contributed by atoms with E-state index in [4.69, 9.17) is 9.84 Å². The van der Waals surface area contributed by atoms with Crippen LogP contribution in [0.25, 0.3) is 10.1 Å². The van der Waals surface area contributed by atoms with Crippen molar-refractivity contribution in [2.75, 3.05) is 13.1 Å². The number of ether oxygens (including phenoxy) is 1. The number of hydrogen-bond donors (Lipinski definition) is 3. The largest absolute Gasteiger partial charge is 0.490 e. The summed E-state index contributed by atoms with van der Waals surface area (Å²) in [6.07, 6.45) is 2.07. The summed E-state index contributed by atoms with van der Waals surface area (Å²) in [6, 6.07) is 11.5. The van der Waals surface area contributed by atoms with E-state index in [1.54, 1.807) is 17.4 Å². The Morgan fingerprint density at radius 2 is 1.71 bits per heavy atom. The molecule has 1 fully saturated rings. The SMILES string of the molecule is O=C(NCCNC(=O)c1ccc(OC2CCC(C(=O)O)CC2)cc1F)c1ccc2sccc2c1. The van der Waals surface area contributed by atoms with Gasteiger partial charge in [-0.1, -0.05) is 0 Å². The van der Waals surface area contributed by atoms with E-state index in [-0.39, 0.29) is 36.6 Å². The van der Waals surface area contributed by atoms with Crippen LogP contribution in [0.15, 0.2) is 47.8 Å². The second-order valence-corrected chi connectivity index (χ2v) is 9.20. The summed E-state index contributed by atoms with van der Waals surface area (Å²) in [6.45, 7) is 0.351. The molecule has 0 unspecified atom stereocenters. The fourth-order valence-electron chi connectivity index (χ4n) is 4.03. The van der Waals surface area contributed by atoms with Crippen molar-refractivity contribution in [3.63, 3.8) is 0 Å². The van der Waals surface area contributed by atoms with Gasteiger partial charge in [0.15, 0.2) is 0 Å². The van der Waals surface area contributed by atoms with Gasteiger partial charge in [0.25, 0.3) is 11.8 Å². The van der Waals surface area contributed by atoms with E-state index < -0.39 is 17.7 Å². The molecule has 3 aromatic rings. The van der Waals surface area contributed by atoms with Crippen molar-refractivity contribution in [2.45, 2.75) is 31.8 Å². The van der Waals surface area contributed by atoms with Gasteiger partial charge in [-0.25, -0.2) is 4.39 Å². The van der Waals surface area contributed by atoms with E-state index in [1.165, 1.54) is 18.2 Å². The second-order valence-electron chi connectivity index (χ2n) is 8.26. The lowest BCUT2D eigenvalue weighted by molar-refractivity contribution is -0.143. The maximum Gasteiger partial charge on any atom is 0.306 e. The third-order valence-electron chi connectivity index (χ3n) is 5.92. The van der Waals surface area contributed by atoms with Crippen LogP contribution in [0, 0.1) is 11.7 Å². The zero-order valence-corrected chi connectivity index (χ0v) is 19.2. The van der Waals surface area contributed by atoms with Gasteiger partial charge in [-0.3, -0.25) is 14.4 Å². The van der Waals surface area contributed by atoms with Crippen LogP contribution >= 0.6 is 11.3 Å². The Balaban J connectivity index is 1.23. The van der Waals surface area contributed by atoms with Crippen molar-refractivity contribution in [1.29, 1.82) is 0 Å². The zero-order chi connectivity index (χ0) is 24.1. The van der Waals surface area contributed by atoms with E-state index in [1.807, 2.05) is 23.6 Å². The van der Waals surface area contributed by atoms with Crippen LogP contribution < -0.4 is 15.4 Å². The van der Waals surface area contributed by atoms with Gasteiger partial charge in [0.1, 0.15) is 11.6 Å². The predicted molar refractivity (Wildman–Crippen MR) is 127 cm³/mol. The van der Waals surface area contributed by atoms with Crippen molar-refractivity contribution in [1.82, 2.24) is 10.6 Å². The number of hydrogen-bond acceptors (Lipinski definition) is 5. The van der Waals surface area contributed by atoms with E-state index in [9.17, 15) is 18.8 Å². The number of fused-ring (bicyclic) bond motifs is 1. The van der Waals surface area contributed by atoms with Gasteiger partial charge in [0, 0.05) is 29.4 Å². The van der Waals surface area contributed by atoms with Gasteiger partial charge in [-0.05, 0) is 72.8 Å². The Bertz CT molecular complexity index is 1200. The number of aliphatic carboxylic acids is 1. The smallest absolute Gasteiger partial charge is 0.306 e. The fourth-order valence-corrected chi connectivity index (χ4v) is 4.80. The highest BCUT2D eigenvalue weighted by Gasteiger charge is 2.27.